The first kappa shape index (κ1) is 15.4. The molecular formula is C17H21N5O. The minimum absolute atomic E-state index is 0.768. The second kappa shape index (κ2) is 6.34. The zero-order chi connectivity index (χ0) is 16.4. The van der Waals surface area contributed by atoms with Crippen LogP contribution in [0.5, 0.6) is 5.75 Å². The monoisotopic (exact) mass is 311 g/mol. The van der Waals surface area contributed by atoms with Crippen molar-refractivity contribution in [2.75, 3.05) is 39.6 Å². The van der Waals surface area contributed by atoms with E-state index in [1.807, 2.05) is 45.4 Å². The van der Waals surface area contributed by atoms with Crippen LogP contribution in [0.4, 0.5) is 5.82 Å². The van der Waals surface area contributed by atoms with Crippen LogP contribution in [-0.2, 0) is 0 Å². The van der Waals surface area contributed by atoms with Gasteiger partial charge in [0, 0.05) is 25.4 Å². The van der Waals surface area contributed by atoms with Gasteiger partial charge in [0.15, 0.2) is 5.82 Å². The van der Waals surface area contributed by atoms with Crippen LogP contribution in [0.1, 0.15) is 5.56 Å². The van der Waals surface area contributed by atoms with Crippen molar-refractivity contribution in [2.24, 2.45) is 0 Å². The molecule has 0 bridgehead atoms. The van der Waals surface area contributed by atoms with Gasteiger partial charge in [-0.25, -0.2) is 15.0 Å². The van der Waals surface area contributed by atoms with Crippen molar-refractivity contribution >= 4 is 27.9 Å². The van der Waals surface area contributed by atoms with Crippen molar-refractivity contribution in [3.63, 3.8) is 0 Å². The van der Waals surface area contributed by atoms with E-state index in [1.165, 1.54) is 0 Å². The predicted molar refractivity (Wildman–Crippen MR) is 93.2 cm³/mol. The largest absolute Gasteiger partial charge is 0.497 e. The topological polar surface area (TPSA) is 63.2 Å². The Bertz CT molecular complexity index is 847. The molecule has 0 unspecified atom stereocenters. The summed E-state index contributed by atoms with van der Waals surface area (Å²) in [6.45, 7) is 3.73. The molecule has 0 atom stereocenters. The van der Waals surface area contributed by atoms with Gasteiger partial charge in [-0.15, -0.1) is 0 Å². The number of benzene rings is 1. The molecular weight excluding hydrogens is 290 g/mol. The fourth-order valence-electron chi connectivity index (χ4n) is 2.41. The van der Waals surface area contributed by atoms with E-state index in [0.717, 1.165) is 52.3 Å². The third kappa shape index (κ3) is 3.17. The minimum Gasteiger partial charge on any atom is -0.497 e. The summed E-state index contributed by atoms with van der Waals surface area (Å²) in [5.41, 5.74) is 4.35. The number of rotatable bonds is 5. The van der Waals surface area contributed by atoms with Crippen LogP contribution in [0.25, 0.3) is 22.1 Å². The Hall–Kier alpha value is -2.47. The van der Waals surface area contributed by atoms with Crippen molar-refractivity contribution in [3.05, 3.63) is 30.0 Å². The molecule has 0 radical (unpaired) electrons. The number of hydrogen-bond acceptors (Lipinski definition) is 6. The number of hydrogen-bond donors (Lipinski definition) is 1. The molecule has 3 aromatic rings. The minimum atomic E-state index is 0.768. The van der Waals surface area contributed by atoms with Crippen LogP contribution < -0.4 is 10.1 Å². The molecule has 0 spiro atoms. The fraction of sp³-hybridized carbons (Fsp3) is 0.353. The van der Waals surface area contributed by atoms with E-state index in [2.05, 4.69) is 15.2 Å². The highest BCUT2D eigenvalue weighted by atomic mass is 16.5. The zero-order valence-electron chi connectivity index (χ0n) is 13.9. The average molecular weight is 311 g/mol. The second-order valence-electron chi connectivity index (χ2n) is 5.80. The third-order valence-corrected chi connectivity index (χ3v) is 3.71. The molecule has 0 amide bonds. The number of nitrogens with one attached hydrogen (secondary N) is 1. The van der Waals surface area contributed by atoms with E-state index in [-0.39, 0.29) is 0 Å². The summed E-state index contributed by atoms with van der Waals surface area (Å²) in [6, 6.07) is 5.73. The summed E-state index contributed by atoms with van der Waals surface area (Å²) in [4.78, 5) is 16.1. The third-order valence-electron chi connectivity index (χ3n) is 3.71. The second-order valence-corrected chi connectivity index (χ2v) is 5.80. The summed E-state index contributed by atoms with van der Waals surface area (Å²) in [5.74, 6) is 1.54. The van der Waals surface area contributed by atoms with Gasteiger partial charge in [-0.05, 0) is 38.7 Å². The number of methoxy groups -OCH3 is 1. The zero-order valence-corrected chi connectivity index (χ0v) is 13.9. The number of nitrogens with zero attached hydrogens (tertiary/aromatic N) is 4. The van der Waals surface area contributed by atoms with Gasteiger partial charge < -0.3 is 15.0 Å². The lowest BCUT2D eigenvalue weighted by Crippen LogP contribution is -2.21. The van der Waals surface area contributed by atoms with Crippen molar-refractivity contribution in [1.29, 1.82) is 0 Å². The molecule has 0 aliphatic heterocycles. The Morgan fingerprint density at radius 1 is 1.13 bits per heavy atom. The summed E-state index contributed by atoms with van der Waals surface area (Å²) >= 11 is 0. The van der Waals surface area contributed by atoms with Crippen LogP contribution in [0.3, 0.4) is 0 Å². The normalized spacial score (nSPS) is 11.3. The number of fused-ring (bicyclic) bond motifs is 2. The van der Waals surface area contributed by atoms with Gasteiger partial charge in [0.25, 0.3) is 0 Å². The lowest BCUT2D eigenvalue weighted by Gasteiger charge is -2.13. The molecule has 6 heteroatoms. The predicted octanol–water partition coefficient (Wildman–Crippen LogP) is 2.47. The molecule has 0 fully saturated rings. The van der Waals surface area contributed by atoms with Crippen LogP contribution in [0.2, 0.25) is 0 Å². The Labute approximate surface area is 135 Å². The lowest BCUT2D eigenvalue weighted by molar-refractivity contribution is 0.415. The molecule has 3 rings (SSSR count). The molecule has 2 aromatic heterocycles. The maximum absolute atomic E-state index is 5.28. The van der Waals surface area contributed by atoms with Gasteiger partial charge in [0.1, 0.15) is 11.3 Å². The molecule has 2 heterocycles. The molecule has 1 N–H and O–H groups in total. The quantitative estimate of drug-likeness (QED) is 0.730. The average Bonchev–Trinajstić information content (AvgIpc) is 2.55. The highest BCUT2D eigenvalue weighted by Crippen LogP contribution is 2.25. The molecule has 0 aliphatic carbocycles. The maximum atomic E-state index is 5.28. The molecule has 0 saturated heterocycles. The lowest BCUT2D eigenvalue weighted by atomic mass is 10.2. The summed E-state index contributed by atoms with van der Waals surface area (Å²) in [5, 5.41) is 3.35. The van der Waals surface area contributed by atoms with Gasteiger partial charge in [-0.2, -0.15) is 0 Å². The molecule has 0 aliphatic rings. The summed E-state index contributed by atoms with van der Waals surface area (Å²) < 4.78 is 5.28. The van der Waals surface area contributed by atoms with Gasteiger partial charge in [-0.1, -0.05) is 0 Å². The summed E-state index contributed by atoms with van der Waals surface area (Å²) in [7, 11) is 5.74. The number of ether oxygens (including phenoxy) is 1. The molecule has 23 heavy (non-hydrogen) atoms. The number of likely N-dealkylation sites (N-methyl/N-ethyl adjacent to an activating group) is 1. The molecule has 120 valence electrons. The Morgan fingerprint density at radius 2 is 1.91 bits per heavy atom. The number of aryl methyl sites for hydroxylation is 1. The van der Waals surface area contributed by atoms with Gasteiger partial charge in [-0.3, -0.25) is 0 Å². The number of anilines is 1. The Morgan fingerprint density at radius 3 is 2.65 bits per heavy atom. The Kier molecular flexibility index (Phi) is 4.25. The molecule has 6 nitrogen and oxygen atoms in total. The van der Waals surface area contributed by atoms with E-state index in [9.17, 15) is 0 Å². The Balaban J connectivity index is 2.09. The maximum Gasteiger partial charge on any atom is 0.154 e. The number of pyridine rings is 1. The number of aromatic nitrogens is 3. The first-order valence-corrected chi connectivity index (χ1v) is 7.58. The van der Waals surface area contributed by atoms with Gasteiger partial charge in [0.05, 0.1) is 23.7 Å². The van der Waals surface area contributed by atoms with E-state index in [0.29, 0.717) is 0 Å². The highest BCUT2D eigenvalue weighted by molar-refractivity contribution is 5.93. The van der Waals surface area contributed by atoms with E-state index in [4.69, 9.17) is 14.7 Å². The van der Waals surface area contributed by atoms with Crippen LogP contribution in [0.15, 0.2) is 24.4 Å². The van der Waals surface area contributed by atoms with E-state index in [1.54, 1.807) is 7.11 Å². The van der Waals surface area contributed by atoms with E-state index >= 15 is 0 Å². The van der Waals surface area contributed by atoms with E-state index < -0.39 is 0 Å². The van der Waals surface area contributed by atoms with Crippen molar-refractivity contribution < 1.29 is 4.74 Å². The first-order chi connectivity index (χ1) is 11.1. The van der Waals surface area contributed by atoms with Crippen molar-refractivity contribution in [1.82, 2.24) is 19.9 Å². The highest BCUT2D eigenvalue weighted by Gasteiger charge is 2.10. The van der Waals surface area contributed by atoms with Crippen LogP contribution >= 0.6 is 0 Å². The summed E-state index contributed by atoms with van der Waals surface area (Å²) in [6.07, 6.45) is 1.84. The standard InChI is InChI=1S/C17H21N5O/c1-11-10-19-17(18-7-8-22(2)3)16-15(11)20-13-6-5-12(23-4)9-14(13)21-16/h5-6,9-10H,7-8H2,1-4H3,(H,18,19). The smallest absolute Gasteiger partial charge is 0.154 e. The fourth-order valence-corrected chi connectivity index (χ4v) is 2.41. The van der Waals surface area contributed by atoms with Gasteiger partial charge in [0.2, 0.25) is 0 Å². The first-order valence-electron chi connectivity index (χ1n) is 7.58. The SMILES string of the molecule is COc1ccc2nc3c(C)cnc(NCCN(C)C)c3nc2c1. The van der Waals surface area contributed by atoms with Crippen LogP contribution in [-0.4, -0.2) is 54.1 Å². The molecule has 1 aromatic carbocycles. The van der Waals surface area contributed by atoms with Crippen LogP contribution in [0, 0.1) is 6.92 Å². The van der Waals surface area contributed by atoms with Crippen molar-refractivity contribution in [3.8, 4) is 5.75 Å². The van der Waals surface area contributed by atoms with Crippen molar-refractivity contribution in [2.45, 2.75) is 6.92 Å². The molecule has 0 saturated carbocycles. The van der Waals surface area contributed by atoms with Gasteiger partial charge >= 0.3 is 0 Å².